The Hall–Kier alpha value is -4.30. The molecule has 1 aliphatic heterocycles. The van der Waals surface area contributed by atoms with E-state index in [2.05, 4.69) is 29.7 Å². The van der Waals surface area contributed by atoms with Crippen LogP contribution in [-0.4, -0.2) is 72.0 Å². The lowest BCUT2D eigenvalue weighted by Gasteiger charge is -2.39. The summed E-state index contributed by atoms with van der Waals surface area (Å²) < 4.78 is 125. The monoisotopic (exact) mass is 680 g/mol. The minimum absolute atomic E-state index is 0.0225. The minimum Gasteiger partial charge on any atom is -0.406 e. The number of carbonyl (C=O) groups is 1. The highest BCUT2D eigenvalue weighted by atomic mass is 32.2. The topological polar surface area (TPSA) is 127 Å². The van der Waals surface area contributed by atoms with Gasteiger partial charge in [-0.2, -0.15) is 18.7 Å². The molecule has 0 aliphatic carbocycles. The number of hydrogen-bond acceptors (Lipinski definition) is 10. The van der Waals surface area contributed by atoms with E-state index in [9.17, 15) is 43.9 Å². The molecule has 0 saturated carbocycles. The van der Waals surface area contributed by atoms with Crippen LogP contribution in [0.3, 0.4) is 0 Å². The van der Waals surface area contributed by atoms with Crippen molar-refractivity contribution in [3.8, 4) is 11.5 Å². The fourth-order valence-corrected chi connectivity index (χ4v) is 6.83. The van der Waals surface area contributed by atoms with Gasteiger partial charge in [-0.05, 0) is 42.0 Å². The third kappa shape index (κ3) is 7.87. The first-order valence-corrected chi connectivity index (χ1v) is 14.9. The summed E-state index contributed by atoms with van der Waals surface area (Å²) in [6, 6.07) is 6.67. The van der Waals surface area contributed by atoms with Crippen LogP contribution in [0.4, 0.5) is 35.9 Å². The lowest BCUT2D eigenvalue weighted by atomic mass is 10.1. The van der Waals surface area contributed by atoms with Gasteiger partial charge >= 0.3 is 18.8 Å². The number of rotatable bonds is 8. The van der Waals surface area contributed by atoms with Crippen molar-refractivity contribution in [2.24, 2.45) is 0 Å². The molecule has 0 radical (unpaired) electrons. The molecule has 0 bridgehead atoms. The Kier molecular flexibility index (Phi) is 8.73. The van der Waals surface area contributed by atoms with Crippen molar-refractivity contribution < 1.29 is 53.4 Å². The fraction of sp³-hybridized carbons (Fsp3) is 0.280. The molecular weight excluding hydrogens is 661 g/mol. The van der Waals surface area contributed by atoms with Gasteiger partial charge in [0.1, 0.15) is 17.5 Å². The minimum atomic E-state index is -5.00. The number of carbonyl (C=O) groups excluding carboxylic acids is 1. The Morgan fingerprint density at radius 2 is 1.53 bits per heavy atom. The first-order valence-electron chi connectivity index (χ1n) is 12.6. The van der Waals surface area contributed by atoms with Gasteiger partial charge in [0.05, 0.1) is 15.8 Å². The molecule has 1 saturated heterocycles. The second kappa shape index (κ2) is 12.2. The van der Waals surface area contributed by atoms with Gasteiger partial charge in [0.2, 0.25) is 15.9 Å². The lowest BCUT2D eigenvalue weighted by Crippen LogP contribution is -2.60. The van der Waals surface area contributed by atoms with E-state index in [4.69, 9.17) is 0 Å². The summed E-state index contributed by atoms with van der Waals surface area (Å²) in [5, 5.41) is 2.86. The molecule has 2 aromatic carbocycles. The van der Waals surface area contributed by atoms with Crippen LogP contribution in [0.2, 0.25) is 0 Å². The molecule has 1 fully saturated rings. The van der Waals surface area contributed by atoms with E-state index >= 15 is 0 Å². The number of halogens is 7. The van der Waals surface area contributed by atoms with Gasteiger partial charge in [-0.15, -0.1) is 26.3 Å². The molecule has 2 aromatic heterocycles. The van der Waals surface area contributed by atoms with Gasteiger partial charge in [-0.1, -0.05) is 23.5 Å². The SMILES string of the molecule is O=C(NCc1ccc(OC(F)(F)F)cc1)[C@H]1CN(c2nc3nc(F)ncc3s2)CCN1S(=O)(=O)c1ccc(OC(F)(F)F)cc1. The highest BCUT2D eigenvalue weighted by molar-refractivity contribution is 7.89. The standard InChI is InChI=1S/C25H19F7N6O5S2/c26-22-34-12-19-20(35-22)36-23(44-19)37-9-10-38(45(40,41)17-7-5-16(6-8-17)43-25(30,31)32)18(13-37)21(39)33-11-14-1-3-15(4-2-14)42-24(27,28)29/h1-8,12,18H,9-11,13H2,(H,33,39)/t18-/m1/s1. The number of ether oxygens (including phenoxy) is 2. The number of thiazole rings is 1. The van der Waals surface area contributed by atoms with E-state index in [1.165, 1.54) is 18.3 Å². The number of fused-ring (bicyclic) bond motifs is 1. The smallest absolute Gasteiger partial charge is 0.406 e. The summed E-state index contributed by atoms with van der Waals surface area (Å²) in [6.45, 7) is -0.682. The van der Waals surface area contributed by atoms with Gasteiger partial charge in [0.15, 0.2) is 10.8 Å². The molecule has 1 atom stereocenters. The number of anilines is 1. The van der Waals surface area contributed by atoms with Crippen molar-refractivity contribution in [1.82, 2.24) is 24.6 Å². The Bertz CT molecular complexity index is 1790. The van der Waals surface area contributed by atoms with Crippen LogP contribution in [0, 0.1) is 6.08 Å². The van der Waals surface area contributed by atoms with Crippen LogP contribution < -0.4 is 19.7 Å². The summed E-state index contributed by atoms with van der Waals surface area (Å²) >= 11 is 1.08. The number of sulfonamides is 1. The summed E-state index contributed by atoms with van der Waals surface area (Å²) in [4.78, 5) is 26.0. The van der Waals surface area contributed by atoms with Crippen molar-refractivity contribution in [2.45, 2.75) is 30.2 Å². The van der Waals surface area contributed by atoms with Gasteiger partial charge in [-0.3, -0.25) is 4.79 Å². The van der Waals surface area contributed by atoms with Crippen LogP contribution in [0.5, 0.6) is 11.5 Å². The molecular formula is C25H19F7N6O5S2. The van der Waals surface area contributed by atoms with Crippen LogP contribution in [0.25, 0.3) is 10.3 Å². The van der Waals surface area contributed by atoms with Crippen LogP contribution >= 0.6 is 11.3 Å². The maximum atomic E-state index is 13.6. The maximum Gasteiger partial charge on any atom is 0.573 e. The van der Waals surface area contributed by atoms with Crippen molar-refractivity contribution in [3.63, 3.8) is 0 Å². The van der Waals surface area contributed by atoms with E-state index in [-0.39, 0.29) is 31.8 Å². The molecule has 4 aromatic rings. The van der Waals surface area contributed by atoms with Gasteiger partial charge in [0.25, 0.3) is 0 Å². The molecule has 1 N–H and O–H groups in total. The molecule has 0 spiro atoms. The number of benzene rings is 2. The average Bonchev–Trinajstić information content (AvgIpc) is 3.38. The number of amides is 1. The first kappa shape index (κ1) is 32.1. The summed E-state index contributed by atoms with van der Waals surface area (Å²) in [5.41, 5.74) is 0.421. The maximum absolute atomic E-state index is 13.6. The second-order valence-corrected chi connectivity index (χ2v) is 12.2. The molecule has 1 amide bonds. The molecule has 11 nitrogen and oxygen atoms in total. The molecule has 1 aliphatic rings. The summed E-state index contributed by atoms with van der Waals surface area (Å²) in [7, 11) is -4.46. The number of hydrogen-bond donors (Lipinski definition) is 1. The van der Waals surface area contributed by atoms with E-state index in [1.54, 1.807) is 4.90 Å². The molecule has 20 heteroatoms. The number of piperazine rings is 1. The summed E-state index contributed by atoms with van der Waals surface area (Å²) in [6.07, 6.45) is -9.67. The number of aromatic nitrogens is 3. The first-order chi connectivity index (χ1) is 21.1. The molecule has 5 rings (SSSR count). The van der Waals surface area contributed by atoms with E-state index in [0.29, 0.717) is 15.4 Å². The van der Waals surface area contributed by atoms with Crippen LogP contribution in [0.1, 0.15) is 5.56 Å². The Balaban J connectivity index is 1.38. The largest absolute Gasteiger partial charge is 0.573 e. The van der Waals surface area contributed by atoms with Gasteiger partial charge in [-0.25, -0.2) is 13.4 Å². The fourth-order valence-electron chi connectivity index (χ4n) is 4.35. The zero-order chi connectivity index (χ0) is 32.6. The predicted molar refractivity (Wildman–Crippen MR) is 143 cm³/mol. The van der Waals surface area contributed by atoms with E-state index < -0.39 is 57.2 Å². The number of alkyl halides is 6. The number of nitrogens with zero attached hydrogens (tertiary/aromatic N) is 5. The number of nitrogens with one attached hydrogen (secondary N) is 1. The van der Waals surface area contributed by atoms with Crippen molar-refractivity contribution in [1.29, 1.82) is 0 Å². The Labute approximate surface area is 253 Å². The summed E-state index contributed by atoms with van der Waals surface area (Å²) in [5.74, 6) is -1.92. The van der Waals surface area contributed by atoms with Crippen LogP contribution in [-0.2, 0) is 21.4 Å². The molecule has 45 heavy (non-hydrogen) atoms. The predicted octanol–water partition coefficient (Wildman–Crippen LogP) is 4.22. The highest BCUT2D eigenvalue weighted by Crippen LogP contribution is 2.32. The van der Waals surface area contributed by atoms with Crippen molar-refractivity contribution in [3.05, 3.63) is 66.4 Å². The Morgan fingerprint density at radius 3 is 2.13 bits per heavy atom. The molecule has 3 heterocycles. The molecule has 0 unspecified atom stereocenters. The second-order valence-electron chi connectivity index (χ2n) is 9.33. The zero-order valence-electron chi connectivity index (χ0n) is 22.3. The zero-order valence-corrected chi connectivity index (χ0v) is 24.0. The highest BCUT2D eigenvalue weighted by Gasteiger charge is 2.41. The molecule has 240 valence electrons. The third-order valence-corrected chi connectivity index (χ3v) is 9.26. The third-order valence-electron chi connectivity index (χ3n) is 6.30. The van der Waals surface area contributed by atoms with Gasteiger partial charge < -0.3 is 19.7 Å². The van der Waals surface area contributed by atoms with E-state index in [0.717, 1.165) is 52.0 Å². The normalized spacial score (nSPS) is 16.5. The van der Waals surface area contributed by atoms with Crippen LogP contribution in [0.15, 0.2) is 59.6 Å². The van der Waals surface area contributed by atoms with E-state index in [1.807, 2.05) is 0 Å². The average molecular weight is 681 g/mol. The quantitative estimate of drug-likeness (QED) is 0.215. The lowest BCUT2D eigenvalue weighted by molar-refractivity contribution is -0.275. The van der Waals surface area contributed by atoms with Crippen molar-refractivity contribution in [2.75, 3.05) is 24.5 Å². The Morgan fingerprint density at radius 1 is 0.933 bits per heavy atom. The van der Waals surface area contributed by atoms with Crippen molar-refractivity contribution >= 4 is 42.7 Å². The van der Waals surface area contributed by atoms with Gasteiger partial charge in [0, 0.05) is 26.2 Å².